The van der Waals surface area contributed by atoms with E-state index in [1.54, 1.807) is 29.0 Å². The number of hydrogen-bond donors (Lipinski definition) is 1. The molecule has 0 atom stereocenters. The average molecular weight is 368 g/mol. The molecule has 0 spiro atoms. The van der Waals surface area contributed by atoms with Crippen molar-refractivity contribution < 1.29 is 9.59 Å². The number of rotatable bonds is 4. The lowest BCUT2D eigenvalue weighted by molar-refractivity contribution is -0.130. The lowest BCUT2D eigenvalue weighted by Gasteiger charge is -2.34. The highest BCUT2D eigenvalue weighted by molar-refractivity contribution is 5.92. The second-order valence-electron chi connectivity index (χ2n) is 6.63. The van der Waals surface area contributed by atoms with Crippen LogP contribution in [-0.4, -0.2) is 71.9 Å². The first-order valence-corrected chi connectivity index (χ1v) is 8.86. The molecule has 8 heteroatoms. The Morgan fingerprint density at radius 2 is 1.63 bits per heavy atom. The molecule has 0 bridgehead atoms. The third-order valence-electron chi connectivity index (χ3n) is 4.53. The first-order valence-electron chi connectivity index (χ1n) is 8.86. The lowest BCUT2D eigenvalue weighted by Crippen LogP contribution is -2.50. The monoisotopic (exact) mass is 368 g/mol. The fourth-order valence-electron chi connectivity index (χ4n) is 2.90. The molecule has 2 aromatic rings. The van der Waals surface area contributed by atoms with E-state index in [1.807, 2.05) is 43.3 Å². The van der Waals surface area contributed by atoms with Gasteiger partial charge >= 0.3 is 0 Å². The molecule has 1 fully saturated rings. The van der Waals surface area contributed by atoms with Crippen LogP contribution in [0.25, 0.3) is 0 Å². The quantitative estimate of drug-likeness (QED) is 0.883. The second-order valence-corrected chi connectivity index (χ2v) is 6.63. The van der Waals surface area contributed by atoms with Gasteiger partial charge in [-0.15, -0.1) is 0 Å². The van der Waals surface area contributed by atoms with Crippen LogP contribution >= 0.6 is 0 Å². The van der Waals surface area contributed by atoms with Crippen molar-refractivity contribution in [3.63, 3.8) is 0 Å². The molecule has 0 aliphatic carbocycles. The number of anilines is 3. The van der Waals surface area contributed by atoms with E-state index in [-0.39, 0.29) is 11.8 Å². The molecule has 8 nitrogen and oxygen atoms in total. The van der Waals surface area contributed by atoms with Gasteiger partial charge in [-0.1, -0.05) is 0 Å². The Morgan fingerprint density at radius 3 is 2.22 bits per heavy atom. The Morgan fingerprint density at radius 1 is 1.00 bits per heavy atom. The molecule has 27 heavy (non-hydrogen) atoms. The van der Waals surface area contributed by atoms with Gasteiger partial charge in [0.2, 0.25) is 11.9 Å². The third kappa shape index (κ3) is 4.52. The van der Waals surface area contributed by atoms with Crippen molar-refractivity contribution in [3.8, 4) is 0 Å². The molecular formula is C19H24N6O2. The maximum atomic E-state index is 12.7. The van der Waals surface area contributed by atoms with Crippen LogP contribution in [0.3, 0.4) is 0 Å². The van der Waals surface area contributed by atoms with Gasteiger partial charge < -0.3 is 20.0 Å². The largest absolute Gasteiger partial charge is 0.378 e. The van der Waals surface area contributed by atoms with Gasteiger partial charge in [-0.3, -0.25) is 9.59 Å². The van der Waals surface area contributed by atoms with Gasteiger partial charge in [0.15, 0.2) is 0 Å². The summed E-state index contributed by atoms with van der Waals surface area (Å²) in [4.78, 5) is 38.1. The van der Waals surface area contributed by atoms with Crippen LogP contribution in [0.2, 0.25) is 0 Å². The summed E-state index contributed by atoms with van der Waals surface area (Å²) in [6.07, 6.45) is 1.57. The number of benzene rings is 1. The Kier molecular flexibility index (Phi) is 5.54. The lowest BCUT2D eigenvalue weighted by atomic mass is 10.2. The molecule has 0 unspecified atom stereocenters. The minimum Gasteiger partial charge on any atom is -0.378 e. The van der Waals surface area contributed by atoms with Crippen LogP contribution in [0.1, 0.15) is 17.4 Å². The fourth-order valence-corrected chi connectivity index (χ4v) is 2.90. The molecule has 142 valence electrons. The minimum absolute atomic E-state index is 0.0379. The minimum atomic E-state index is -0.147. The summed E-state index contributed by atoms with van der Waals surface area (Å²) in [6, 6.07) is 9.47. The summed E-state index contributed by atoms with van der Waals surface area (Å²) in [5, 5.41) is 3.13. The number of carbonyl (C=O) groups excluding carboxylic acids is 2. The SMILES string of the molecule is CC(=O)N1CCN(C(=O)c2ccnc(Nc3ccc(N(C)C)cc3)n2)CC1. The molecule has 1 saturated heterocycles. The van der Waals surface area contributed by atoms with Gasteiger partial charge in [0.05, 0.1) is 0 Å². The first kappa shape index (κ1) is 18.6. The van der Waals surface area contributed by atoms with Crippen molar-refractivity contribution in [2.24, 2.45) is 0 Å². The van der Waals surface area contributed by atoms with Gasteiger partial charge in [-0.25, -0.2) is 9.97 Å². The normalized spacial score (nSPS) is 14.0. The smallest absolute Gasteiger partial charge is 0.272 e. The molecule has 1 aromatic heterocycles. The number of carbonyl (C=O) groups is 2. The Hall–Kier alpha value is -3.16. The fraction of sp³-hybridized carbons (Fsp3) is 0.368. The molecule has 0 saturated carbocycles. The highest BCUT2D eigenvalue weighted by Gasteiger charge is 2.24. The summed E-state index contributed by atoms with van der Waals surface area (Å²) in [5.74, 6) is 0.267. The summed E-state index contributed by atoms with van der Waals surface area (Å²) in [6.45, 7) is 3.67. The number of nitrogens with zero attached hydrogens (tertiary/aromatic N) is 5. The summed E-state index contributed by atoms with van der Waals surface area (Å²) in [5.41, 5.74) is 2.28. The third-order valence-corrected chi connectivity index (χ3v) is 4.53. The highest BCUT2D eigenvalue weighted by atomic mass is 16.2. The molecule has 3 rings (SSSR count). The van der Waals surface area contributed by atoms with Crippen molar-refractivity contribution in [1.29, 1.82) is 0 Å². The van der Waals surface area contributed by atoms with E-state index in [2.05, 4.69) is 15.3 Å². The molecule has 2 heterocycles. The maximum Gasteiger partial charge on any atom is 0.272 e. The van der Waals surface area contributed by atoms with Crippen LogP contribution < -0.4 is 10.2 Å². The van der Waals surface area contributed by atoms with Crippen LogP contribution in [0, 0.1) is 0 Å². The molecule has 1 aliphatic heterocycles. The van der Waals surface area contributed by atoms with Gasteiger partial charge in [0.1, 0.15) is 5.69 Å². The number of piperazine rings is 1. The van der Waals surface area contributed by atoms with Gasteiger partial charge in [0, 0.05) is 64.8 Å². The van der Waals surface area contributed by atoms with Gasteiger partial charge in [0.25, 0.3) is 5.91 Å². The molecule has 1 N–H and O–H groups in total. The van der Waals surface area contributed by atoms with Crippen molar-refractivity contribution in [2.45, 2.75) is 6.92 Å². The van der Waals surface area contributed by atoms with E-state index in [9.17, 15) is 9.59 Å². The van der Waals surface area contributed by atoms with Crippen molar-refractivity contribution in [1.82, 2.24) is 19.8 Å². The summed E-state index contributed by atoms with van der Waals surface area (Å²) in [7, 11) is 3.97. The standard InChI is InChI=1S/C19H24N6O2/c1-14(26)24-10-12-25(13-11-24)18(27)17-8-9-20-19(22-17)21-15-4-6-16(7-5-15)23(2)3/h4-9H,10-13H2,1-3H3,(H,20,21,22). The Balaban J connectivity index is 1.66. The molecule has 1 aliphatic rings. The van der Waals surface area contributed by atoms with Crippen molar-refractivity contribution in [2.75, 3.05) is 50.5 Å². The van der Waals surface area contributed by atoms with Crippen LogP contribution in [0.5, 0.6) is 0 Å². The van der Waals surface area contributed by atoms with Gasteiger partial charge in [-0.05, 0) is 30.3 Å². The van der Waals surface area contributed by atoms with Crippen LogP contribution in [0.4, 0.5) is 17.3 Å². The van der Waals surface area contributed by atoms with Crippen molar-refractivity contribution in [3.05, 3.63) is 42.2 Å². The molecule has 1 aromatic carbocycles. The topological polar surface area (TPSA) is 81.7 Å². The maximum absolute atomic E-state index is 12.7. The predicted octanol–water partition coefficient (Wildman–Crippen LogP) is 1.59. The Labute approximate surface area is 158 Å². The number of aromatic nitrogens is 2. The van der Waals surface area contributed by atoms with E-state index in [0.29, 0.717) is 37.8 Å². The average Bonchev–Trinajstić information content (AvgIpc) is 2.68. The van der Waals surface area contributed by atoms with E-state index >= 15 is 0 Å². The zero-order valence-electron chi connectivity index (χ0n) is 15.8. The number of amides is 2. The molecule has 0 radical (unpaired) electrons. The molecular weight excluding hydrogens is 344 g/mol. The zero-order valence-corrected chi connectivity index (χ0v) is 15.8. The van der Waals surface area contributed by atoms with E-state index in [0.717, 1.165) is 11.4 Å². The second kappa shape index (κ2) is 8.03. The number of hydrogen-bond acceptors (Lipinski definition) is 6. The summed E-state index contributed by atoms with van der Waals surface area (Å²) >= 11 is 0. The predicted molar refractivity (Wildman–Crippen MR) is 104 cm³/mol. The van der Waals surface area contributed by atoms with Crippen molar-refractivity contribution >= 4 is 29.1 Å². The van der Waals surface area contributed by atoms with Gasteiger partial charge in [-0.2, -0.15) is 0 Å². The summed E-state index contributed by atoms with van der Waals surface area (Å²) < 4.78 is 0. The first-order chi connectivity index (χ1) is 12.9. The molecule has 2 amide bonds. The highest BCUT2D eigenvalue weighted by Crippen LogP contribution is 2.18. The zero-order chi connectivity index (χ0) is 19.4. The van der Waals surface area contributed by atoms with E-state index in [4.69, 9.17) is 0 Å². The number of nitrogens with one attached hydrogen (secondary N) is 1. The Bertz CT molecular complexity index is 813. The van der Waals surface area contributed by atoms with Crippen LogP contribution in [-0.2, 0) is 4.79 Å². The van der Waals surface area contributed by atoms with E-state index < -0.39 is 0 Å². The van der Waals surface area contributed by atoms with Crippen LogP contribution in [0.15, 0.2) is 36.5 Å². The van der Waals surface area contributed by atoms with E-state index in [1.165, 1.54) is 0 Å².